The molecule has 6 heteroatoms. The van der Waals surface area contributed by atoms with E-state index in [0.29, 0.717) is 0 Å². The molecule has 0 heterocycles. The van der Waals surface area contributed by atoms with E-state index in [1.54, 1.807) is 13.8 Å². The average molecular weight is 275 g/mol. The predicted molar refractivity (Wildman–Crippen MR) is 65.3 cm³/mol. The Hall–Kier alpha value is -1.72. The lowest BCUT2D eigenvalue weighted by Crippen LogP contribution is -2.30. The molecule has 1 rings (SSSR count). The maximum absolute atomic E-state index is 13.4. The predicted octanol–water partition coefficient (Wildman–Crippen LogP) is 2.78. The molecule has 0 saturated heterocycles. The number of carbonyl (C=O) groups is 1. The van der Waals surface area contributed by atoms with Crippen LogP contribution in [0.3, 0.4) is 0 Å². The number of nitrogens with one attached hydrogen (secondary N) is 1. The van der Waals surface area contributed by atoms with Crippen LogP contribution < -0.4 is 10.1 Å². The average Bonchev–Trinajstić information content (AvgIpc) is 2.26. The number of benzene rings is 1. The summed E-state index contributed by atoms with van der Waals surface area (Å²) in [6.45, 7) is 3.48. The summed E-state index contributed by atoms with van der Waals surface area (Å²) in [5, 5.41) is 2.57. The maximum atomic E-state index is 13.4. The molecule has 0 aromatic heterocycles. The minimum atomic E-state index is -2.64. The summed E-state index contributed by atoms with van der Waals surface area (Å²) in [5.74, 6) is -1.31. The van der Waals surface area contributed by atoms with Crippen molar-refractivity contribution in [1.29, 1.82) is 0 Å². The SMILES string of the molecule is COc1c(CC(F)F)cc(F)cc1C(=O)NC(C)C. The van der Waals surface area contributed by atoms with Crippen molar-refractivity contribution in [1.82, 2.24) is 5.32 Å². The number of hydrogen-bond acceptors (Lipinski definition) is 2. The molecule has 0 atom stereocenters. The molecule has 1 N–H and O–H groups in total. The van der Waals surface area contributed by atoms with Gasteiger partial charge < -0.3 is 10.1 Å². The summed E-state index contributed by atoms with van der Waals surface area (Å²) in [6, 6.07) is 1.78. The molecule has 0 unspecified atom stereocenters. The fraction of sp³-hybridized carbons (Fsp3) is 0.462. The van der Waals surface area contributed by atoms with E-state index in [1.807, 2.05) is 0 Å². The minimum Gasteiger partial charge on any atom is -0.496 e. The Morgan fingerprint density at radius 2 is 2.00 bits per heavy atom. The van der Waals surface area contributed by atoms with Gasteiger partial charge in [-0.2, -0.15) is 0 Å². The van der Waals surface area contributed by atoms with Crippen LogP contribution in [0.2, 0.25) is 0 Å². The number of alkyl halides is 2. The van der Waals surface area contributed by atoms with Crippen LogP contribution in [0.15, 0.2) is 12.1 Å². The molecule has 0 fully saturated rings. The Morgan fingerprint density at radius 3 is 2.47 bits per heavy atom. The van der Waals surface area contributed by atoms with Crippen molar-refractivity contribution < 1.29 is 22.7 Å². The van der Waals surface area contributed by atoms with E-state index < -0.39 is 24.6 Å². The van der Waals surface area contributed by atoms with Crippen LogP contribution in [0, 0.1) is 5.82 Å². The molecule has 0 radical (unpaired) electrons. The van der Waals surface area contributed by atoms with Crippen molar-refractivity contribution in [2.75, 3.05) is 7.11 Å². The number of hydrogen-bond donors (Lipinski definition) is 1. The second-order valence-electron chi connectivity index (χ2n) is 4.37. The van der Waals surface area contributed by atoms with Gasteiger partial charge in [-0.1, -0.05) is 0 Å². The molecule has 0 saturated carbocycles. The minimum absolute atomic E-state index is 0.0140. The Morgan fingerprint density at radius 1 is 1.37 bits per heavy atom. The fourth-order valence-corrected chi connectivity index (χ4v) is 1.72. The molecule has 0 aliphatic carbocycles. The molecular weight excluding hydrogens is 259 g/mol. The molecule has 1 amide bonds. The highest BCUT2D eigenvalue weighted by molar-refractivity contribution is 5.97. The summed E-state index contributed by atoms with van der Waals surface area (Å²) in [7, 11) is 1.26. The molecular formula is C13H16F3NO2. The van der Waals surface area contributed by atoms with Gasteiger partial charge in [-0.05, 0) is 26.0 Å². The fourth-order valence-electron chi connectivity index (χ4n) is 1.72. The van der Waals surface area contributed by atoms with E-state index in [2.05, 4.69) is 5.32 Å². The van der Waals surface area contributed by atoms with Crippen molar-refractivity contribution in [2.45, 2.75) is 32.7 Å². The van der Waals surface area contributed by atoms with Gasteiger partial charge in [-0.15, -0.1) is 0 Å². The molecule has 3 nitrogen and oxygen atoms in total. The van der Waals surface area contributed by atoms with Gasteiger partial charge in [0.2, 0.25) is 6.43 Å². The van der Waals surface area contributed by atoms with Gasteiger partial charge in [0, 0.05) is 18.0 Å². The van der Waals surface area contributed by atoms with E-state index in [9.17, 15) is 18.0 Å². The number of carbonyl (C=O) groups excluding carboxylic acids is 1. The first-order chi connectivity index (χ1) is 8.85. The largest absolute Gasteiger partial charge is 0.496 e. The van der Waals surface area contributed by atoms with Crippen LogP contribution >= 0.6 is 0 Å². The summed E-state index contributed by atoms with van der Waals surface area (Å²) in [5.41, 5.74) is -0.0988. The quantitative estimate of drug-likeness (QED) is 0.897. The molecule has 0 bridgehead atoms. The van der Waals surface area contributed by atoms with E-state index in [4.69, 9.17) is 4.74 Å². The van der Waals surface area contributed by atoms with Crippen LogP contribution in [0.4, 0.5) is 13.2 Å². The Labute approximate surface area is 109 Å². The van der Waals surface area contributed by atoms with Crippen LogP contribution in [0.5, 0.6) is 5.75 Å². The number of halogens is 3. The summed E-state index contributed by atoms with van der Waals surface area (Å²) in [4.78, 5) is 11.9. The smallest absolute Gasteiger partial charge is 0.255 e. The molecule has 1 aromatic rings. The number of rotatable bonds is 5. The first-order valence-corrected chi connectivity index (χ1v) is 5.80. The van der Waals surface area contributed by atoms with Crippen LogP contribution in [-0.4, -0.2) is 25.5 Å². The highest BCUT2D eigenvalue weighted by Gasteiger charge is 2.20. The third kappa shape index (κ3) is 4.15. The van der Waals surface area contributed by atoms with E-state index in [-0.39, 0.29) is 22.9 Å². The maximum Gasteiger partial charge on any atom is 0.255 e. The lowest BCUT2D eigenvalue weighted by Gasteiger charge is -2.15. The van der Waals surface area contributed by atoms with Gasteiger partial charge in [0.15, 0.2) is 0 Å². The lowest BCUT2D eigenvalue weighted by molar-refractivity contribution is 0.0938. The highest BCUT2D eigenvalue weighted by Crippen LogP contribution is 2.27. The summed E-state index contributed by atoms with van der Waals surface area (Å²) >= 11 is 0. The third-order valence-corrected chi connectivity index (χ3v) is 2.37. The molecule has 106 valence electrons. The Bertz CT molecular complexity index is 461. The molecule has 1 aromatic carbocycles. The molecule has 0 aliphatic heterocycles. The molecule has 0 aliphatic rings. The standard InChI is InChI=1S/C13H16F3NO2/c1-7(2)17-13(18)10-6-9(14)4-8(5-11(15)16)12(10)19-3/h4,6-7,11H,5H2,1-3H3,(H,17,18). The van der Waals surface area contributed by atoms with E-state index in [1.165, 1.54) is 7.11 Å². The van der Waals surface area contributed by atoms with Crippen molar-refractivity contribution in [3.8, 4) is 5.75 Å². The summed E-state index contributed by atoms with van der Waals surface area (Å²) < 4.78 is 43.3. The number of amides is 1. The second kappa shape index (κ2) is 6.45. The number of methoxy groups -OCH3 is 1. The van der Waals surface area contributed by atoms with Crippen molar-refractivity contribution in [3.05, 3.63) is 29.1 Å². The van der Waals surface area contributed by atoms with Gasteiger partial charge in [0.1, 0.15) is 11.6 Å². The Balaban J connectivity index is 3.22. The van der Waals surface area contributed by atoms with Gasteiger partial charge in [-0.25, -0.2) is 13.2 Å². The lowest BCUT2D eigenvalue weighted by atomic mass is 10.0. The highest BCUT2D eigenvalue weighted by atomic mass is 19.3. The zero-order valence-corrected chi connectivity index (χ0v) is 11.0. The van der Waals surface area contributed by atoms with Crippen LogP contribution in [-0.2, 0) is 6.42 Å². The van der Waals surface area contributed by atoms with Gasteiger partial charge in [-0.3, -0.25) is 4.79 Å². The van der Waals surface area contributed by atoms with Crippen molar-refractivity contribution in [2.24, 2.45) is 0 Å². The summed E-state index contributed by atoms with van der Waals surface area (Å²) in [6.07, 6.45) is -3.31. The zero-order chi connectivity index (χ0) is 14.6. The normalized spacial score (nSPS) is 10.9. The monoisotopic (exact) mass is 275 g/mol. The van der Waals surface area contributed by atoms with Gasteiger partial charge in [0.25, 0.3) is 5.91 Å². The first kappa shape index (κ1) is 15.3. The van der Waals surface area contributed by atoms with Crippen LogP contribution in [0.25, 0.3) is 0 Å². The topological polar surface area (TPSA) is 38.3 Å². The Kier molecular flexibility index (Phi) is 5.20. The molecule has 0 spiro atoms. The van der Waals surface area contributed by atoms with E-state index >= 15 is 0 Å². The third-order valence-electron chi connectivity index (χ3n) is 2.37. The second-order valence-corrected chi connectivity index (χ2v) is 4.37. The molecule has 19 heavy (non-hydrogen) atoms. The first-order valence-electron chi connectivity index (χ1n) is 5.80. The number of ether oxygens (including phenoxy) is 1. The van der Waals surface area contributed by atoms with Gasteiger partial charge in [0.05, 0.1) is 12.7 Å². The van der Waals surface area contributed by atoms with Crippen LogP contribution in [0.1, 0.15) is 29.8 Å². The van der Waals surface area contributed by atoms with Gasteiger partial charge >= 0.3 is 0 Å². The van der Waals surface area contributed by atoms with Crippen molar-refractivity contribution >= 4 is 5.91 Å². The van der Waals surface area contributed by atoms with E-state index in [0.717, 1.165) is 12.1 Å². The zero-order valence-electron chi connectivity index (χ0n) is 11.0. The van der Waals surface area contributed by atoms with Crippen molar-refractivity contribution in [3.63, 3.8) is 0 Å².